The molecule has 3 heterocycles. The van der Waals surface area contributed by atoms with Crippen LogP contribution in [-0.4, -0.2) is 51.5 Å². The Morgan fingerprint density at radius 3 is 2.86 bits per heavy atom. The Hall–Kier alpha value is -2.44. The quantitative estimate of drug-likeness (QED) is 0.692. The fraction of sp³-hybridized carbons (Fsp3) is 0.381. The molecule has 28 heavy (non-hydrogen) atoms. The number of rotatable bonds is 6. The second-order valence-corrected chi connectivity index (χ2v) is 7.73. The van der Waals surface area contributed by atoms with Crippen LogP contribution in [0.2, 0.25) is 5.02 Å². The summed E-state index contributed by atoms with van der Waals surface area (Å²) in [6.45, 7) is 2.02. The zero-order valence-electron chi connectivity index (χ0n) is 15.9. The number of hydrogen-bond acceptors (Lipinski definition) is 4. The number of imidazole rings is 1. The number of nitrogens with zero attached hydrogens (tertiary/aromatic N) is 4. The van der Waals surface area contributed by atoms with Crippen LogP contribution in [0, 0.1) is 0 Å². The fourth-order valence-corrected chi connectivity index (χ4v) is 3.98. The molecule has 7 heteroatoms. The minimum absolute atomic E-state index is 0.0270. The van der Waals surface area contributed by atoms with Gasteiger partial charge in [0.1, 0.15) is 17.9 Å². The molecule has 0 bridgehead atoms. The molecule has 146 valence electrons. The normalized spacial score (nSPS) is 17.3. The zero-order chi connectivity index (χ0) is 19.5. The van der Waals surface area contributed by atoms with Gasteiger partial charge in [0.05, 0.1) is 0 Å². The predicted octanol–water partition coefficient (Wildman–Crippen LogP) is 3.35. The molecular weight excluding hydrogens is 374 g/mol. The van der Waals surface area contributed by atoms with Gasteiger partial charge in [-0.25, -0.2) is 9.97 Å². The van der Waals surface area contributed by atoms with E-state index in [1.54, 1.807) is 6.20 Å². The molecule has 0 spiro atoms. The average Bonchev–Trinajstić information content (AvgIpc) is 3.26. The number of pyridine rings is 1. The molecule has 4 rings (SSSR count). The molecule has 1 N–H and O–H groups in total. The van der Waals surface area contributed by atoms with Gasteiger partial charge >= 0.3 is 0 Å². The fourth-order valence-electron chi connectivity index (χ4n) is 3.85. The van der Waals surface area contributed by atoms with Crippen LogP contribution in [0.15, 0.2) is 42.6 Å². The second-order valence-electron chi connectivity index (χ2n) is 7.29. The summed E-state index contributed by atoms with van der Waals surface area (Å²) in [4.78, 5) is 24.1. The van der Waals surface area contributed by atoms with E-state index >= 15 is 0 Å². The SMILES string of the molecule is CN1CCCC1CCNC(=O)Cn1c(-c2ccc(Cl)cc2)nc2cccnc21. The Morgan fingerprint density at radius 2 is 2.11 bits per heavy atom. The van der Waals surface area contributed by atoms with Crippen molar-refractivity contribution in [2.45, 2.75) is 31.8 Å². The highest BCUT2D eigenvalue weighted by Gasteiger charge is 2.21. The van der Waals surface area contributed by atoms with Gasteiger partial charge in [-0.05, 0) is 69.3 Å². The number of amides is 1. The van der Waals surface area contributed by atoms with Crippen molar-refractivity contribution in [3.05, 3.63) is 47.6 Å². The minimum Gasteiger partial charge on any atom is -0.354 e. The minimum atomic E-state index is -0.0270. The molecule has 1 unspecified atom stereocenters. The predicted molar refractivity (Wildman–Crippen MR) is 111 cm³/mol. The zero-order valence-corrected chi connectivity index (χ0v) is 16.7. The van der Waals surface area contributed by atoms with Gasteiger partial charge in [-0.1, -0.05) is 11.6 Å². The number of likely N-dealkylation sites (tertiary alicyclic amines) is 1. The van der Waals surface area contributed by atoms with Crippen LogP contribution in [0.25, 0.3) is 22.6 Å². The maximum Gasteiger partial charge on any atom is 0.240 e. The van der Waals surface area contributed by atoms with Crippen molar-refractivity contribution in [2.75, 3.05) is 20.1 Å². The highest BCUT2D eigenvalue weighted by atomic mass is 35.5. The Labute approximate surface area is 169 Å². The summed E-state index contributed by atoms with van der Waals surface area (Å²) in [5.74, 6) is 0.692. The Balaban J connectivity index is 1.51. The summed E-state index contributed by atoms with van der Waals surface area (Å²) in [6, 6.07) is 11.8. The second kappa shape index (κ2) is 8.29. The first-order chi connectivity index (χ1) is 13.6. The third kappa shape index (κ3) is 4.03. The molecule has 3 aromatic rings. The van der Waals surface area contributed by atoms with Crippen molar-refractivity contribution in [1.82, 2.24) is 24.8 Å². The highest BCUT2D eigenvalue weighted by molar-refractivity contribution is 6.30. The van der Waals surface area contributed by atoms with Crippen LogP contribution in [-0.2, 0) is 11.3 Å². The van der Waals surface area contributed by atoms with E-state index in [1.807, 2.05) is 41.0 Å². The topological polar surface area (TPSA) is 63.1 Å². The number of fused-ring (bicyclic) bond motifs is 1. The van der Waals surface area contributed by atoms with E-state index < -0.39 is 0 Å². The monoisotopic (exact) mass is 397 g/mol. The van der Waals surface area contributed by atoms with Gasteiger partial charge in [0.25, 0.3) is 0 Å². The van der Waals surface area contributed by atoms with E-state index in [2.05, 4.69) is 27.2 Å². The van der Waals surface area contributed by atoms with E-state index in [1.165, 1.54) is 12.8 Å². The molecule has 0 saturated carbocycles. The molecule has 2 aromatic heterocycles. The molecule has 1 saturated heterocycles. The van der Waals surface area contributed by atoms with E-state index in [-0.39, 0.29) is 12.5 Å². The van der Waals surface area contributed by atoms with Gasteiger partial charge in [-0.15, -0.1) is 0 Å². The van der Waals surface area contributed by atoms with E-state index in [9.17, 15) is 4.79 Å². The maximum atomic E-state index is 12.6. The van der Waals surface area contributed by atoms with E-state index in [0.717, 1.165) is 29.9 Å². The molecule has 1 amide bonds. The summed E-state index contributed by atoms with van der Waals surface area (Å²) in [6.07, 6.45) is 5.16. The van der Waals surface area contributed by atoms with Gasteiger partial charge in [-0.2, -0.15) is 0 Å². The van der Waals surface area contributed by atoms with E-state index in [0.29, 0.717) is 23.3 Å². The van der Waals surface area contributed by atoms with Crippen LogP contribution in [0.5, 0.6) is 0 Å². The molecular formula is C21H24ClN5O. The largest absolute Gasteiger partial charge is 0.354 e. The van der Waals surface area contributed by atoms with E-state index in [4.69, 9.17) is 11.6 Å². The first-order valence-electron chi connectivity index (χ1n) is 9.66. The summed E-state index contributed by atoms with van der Waals surface area (Å²) >= 11 is 6.02. The van der Waals surface area contributed by atoms with Crippen LogP contribution in [0.1, 0.15) is 19.3 Å². The summed E-state index contributed by atoms with van der Waals surface area (Å²) in [7, 11) is 2.15. The van der Waals surface area contributed by atoms with Gasteiger partial charge < -0.3 is 10.2 Å². The Bertz CT molecular complexity index is 969. The number of carbonyl (C=O) groups excluding carboxylic acids is 1. The number of nitrogens with one attached hydrogen (secondary N) is 1. The van der Waals surface area contributed by atoms with Gasteiger partial charge in [0.15, 0.2) is 5.65 Å². The van der Waals surface area contributed by atoms with Crippen molar-refractivity contribution >= 4 is 28.7 Å². The molecule has 0 radical (unpaired) electrons. The molecule has 6 nitrogen and oxygen atoms in total. The lowest BCUT2D eigenvalue weighted by molar-refractivity contribution is -0.121. The van der Waals surface area contributed by atoms with Gasteiger partial charge in [0, 0.05) is 29.4 Å². The summed E-state index contributed by atoms with van der Waals surface area (Å²) in [5, 5.41) is 3.72. The first-order valence-corrected chi connectivity index (χ1v) is 10.0. The average molecular weight is 398 g/mol. The summed E-state index contributed by atoms with van der Waals surface area (Å²) in [5.41, 5.74) is 2.38. The Morgan fingerprint density at radius 1 is 1.29 bits per heavy atom. The van der Waals surface area contributed by atoms with Crippen molar-refractivity contribution in [1.29, 1.82) is 0 Å². The lowest BCUT2D eigenvalue weighted by Gasteiger charge is -2.19. The number of aromatic nitrogens is 3. The number of benzene rings is 1. The molecule has 1 fully saturated rings. The smallest absolute Gasteiger partial charge is 0.240 e. The number of carbonyl (C=O) groups is 1. The van der Waals surface area contributed by atoms with Crippen LogP contribution in [0.3, 0.4) is 0 Å². The molecule has 0 aliphatic carbocycles. The van der Waals surface area contributed by atoms with Gasteiger partial charge in [0.2, 0.25) is 5.91 Å². The van der Waals surface area contributed by atoms with Crippen LogP contribution < -0.4 is 5.32 Å². The Kier molecular flexibility index (Phi) is 5.59. The lowest BCUT2D eigenvalue weighted by atomic mass is 10.1. The van der Waals surface area contributed by atoms with Crippen LogP contribution >= 0.6 is 11.6 Å². The standard InChI is InChI=1S/C21H24ClN5O/c1-26-13-3-4-17(26)10-12-23-19(28)14-27-20(15-6-8-16(22)9-7-15)25-18-5-2-11-24-21(18)27/h2,5-9,11,17H,3-4,10,12-14H2,1H3,(H,23,28). The molecule has 1 aliphatic heterocycles. The first kappa shape index (κ1) is 18.9. The molecule has 1 atom stereocenters. The van der Waals surface area contributed by atoms with Crippen LogP contribution in [0.4, 0.5) is 0 Å². The maximum absolute atomic E-state index is 12.6. The molecule has 1 aliphatic rings. The highest BCUT2D eigenvalue weighted by Crippen LogP contribution is 2.25. The lowest BCUT2D eigenvalue weighted by Crippen LogP contribution is -2.33. The number of hydrogen-bond donors (Lipinski definition) is 1. The van der Waals surface area contributed by atoms with Crippen molar-refractivity contribution in [3.8, 4) is 11.4 Å². The third-order valence-corrected chi connectivity index (χ3v) is 5.63. The van der Waals surface area contributed by atoms with Gasteiger partial charge in [-0.3, -0.25) is 9.36 Å². The van der Waals surface area contributed by atoms with Crippen molar-refractivity contribution in [3.63, 3.8) is 0 Å². The third-order valence-electron chi connectivity index (χ3n) is 5.38. The van der Waals surface area contributed by atoms with Crippen molar-refractivity contribution in [2.24, 2.45) is 0 Å². The molecule has 1 aromatic carbocycles. The summed E-state index contributed by atoms with van der Waals surface area (Å²) < 4.78 is 1.87. The van der Waals surface area contributed by atoms with Crippen molar-refractivity contribution < 1.29 is 4.79 Å². The number of halogens is 1.